The predicted molar refractivity (Wildman–Crippen MR) is 200 cm³/mol. The largest absolute Gasteiger partial charge is 0.493 e. The summed E-state index contributed by atoms with van der Waals surface area (Å²) in [6.07, 6.45) is 1.21. The van der Waals surface area contributed by atoms with Gasteiger partial charge in [0.25, 0.3) is 0 Å². The Hall–Kier alpha value is -5.38. The minimum absolute atomic E-state index is 0.00619. The van der Waals surface area contributed by atoms with Crippen LogP contribution in [0.25, 0.3) is 0 Å². The first-order chi connectivity index (χ1) is 26.8. The molecule has 0 saturated heterocycles. The maximum Gasteiger partial charge on any atom is 0.188 e. The summed E-state index contributed by atoms with van der Waals surface area (Å²) in [6.45, 7) is 0.0402. The molecule has 0 spiro atoms. The quantitative estimate of drug-likeness (QED) is 0.0476. The van der Waals surface area contributed by atoms with Gasteiger partial charge in [-0.1, -0.05) is 12.1 Å². The summed E-state index contributed by atoms with van der Waals surface area (Å²) in [7, 11) is 9.10. The van der Waals surface area contributed by atoms with Crippen LogP contribution in [0.4, 0.5) is 0 Å². The Labute approximate surface area is 320 Å². The average Bonchev–Trinajstić information content (AvgIpc) is 3.21. The Morgan fingerprint density at radius 3 is 1.29 bits per heavy atom. The zero-order valence-electron chi connectivity index (χ0n) is 32.0. The number of benzene rings is 4. The van der Waals surface area contributed by atoms with Crippen molar-refractivity contribution in [1.82, 2.24) is 0 Å². The van der Waals surface area contributed by atoms with Gasteiger partial charge >= 0.3 is 0 Å². The first-order valence-corrected chi connectivity index (χ1v) is 17.2. The molecule has 0 aliphatic heterocycles. The summed E-state index contributed by atoms with van der Waals surface area (Å²) >= 11 is 0. The molecule has 4 aromatic rings. The number of Topliss-reactive ketones (excluding diaryl/α,β-unsaturated/α-hetero) is 2. The molecule has 0 aliphatic rings. The third-order valence-corrected chi connectivity index (χ3v) is 7.93. The molecule has 0 aliphatic carbocycles. The van der Waals surface area contributed by atoms with E-state index in [0.29, 0.717) is 70.0 Å². The van der Waals surface area contributed by atoms with E-state index in [1.807, 2.05) is 24.3 Å². The van der Waals surface area contributed by atoms with Crippen molar-refractivity contribution in [3.63, 3.8) is 0 Å². The number of aryl methyl sites for hydroxylation is 2. The van der Waals surface area contributed by atoms with E-state index >= 15 is 0 Å². The van der Waals surface area contributed by atoms with Crippen molar-refractivity contribution < 1.29 is 66.4 Å². The van der Waals surface area contributed by atoms with Crippen LogP contribution in [0, 0.1) is 0 Å². The number of hydrogen-bond acceptors (Lipinski definition) is 14. The van der Waals surface area contributed by atoms with Crippen molar-refractivity contribution in [1.29, 1.82) is 0 Å². The van der Waals surface area contributed by atoms with E-state index in [2.05, 4.69) is 0 Å². The van der Waals surface area contributed by atoms with E-state index in [9.17, 15) is 9.59 Å². The number of rotatable bonds is 26. The van der Waals surface area contributed by atoms with E-state index in [0.717, 1.165) is 11.1 Å². The fourth-order valence-electron chi connectivity index (χ4n) is 5.27. The smallest absolute Gasteiger partial charge is 0.188 e. The zero-order valence-corrected chi connectivity index (χ0v) is 32.0. The van der Waals surface area contributed by atoms with Crippen LogP contribution in [0.5, 0.6) is 46.0 Å². The van der Waals surface area contributed by atoms with Crippen LogP contribution in [0.2, 0.25) is 0 Å². The van der Waals surface area contributed by atoms with Crippen molar-refractivity contribution in [3.05, 3.63) is 95.1 Å². The highest BCUT2D eigenvalue weighted by Crippen LogP contribution is 2.38. The maximum absolute atomic E-state index is 13.4. The summed E-state index contributed by atoms with van der Waals surface area (Å²) in [5, 5.41) is 0. The molecule has 14 heteroatoms. The highest BCUT2D eigenvalue weighted by atomic mass is 16.7. The van der Waals surface area contributed by atoms with E-state index in [-0.39, 0.29) is 58.4 Å². The number of methoxy groups -OCH3 is 6. The molecule has 0 atom stereocenters. The van der Waals surface area contributed by atoms with E-state index in [1.54, 1.807) is 48.5 Å². The summed E-state index contributed by atoms with van der Waals surface area (Å²) in [6, 6.07) is 20.8. The molecule has 0 amide bonds. The van der Waals surface area contributed by atoms with Crippen LogP contribution in [-0.2, 0) is 36.5 Å². The average molecular weight is 765 g/mol. The van der Waals surface area contributed by atoms with Crippen LogP contribution in [0.1, 0.15) is 44.7 Å². The molecule has 296 valence electrons. The monoisotopic (exact) mass is 764 g/mol. The fraction of sp³-hybridized carbons (Fsp3) is 0.366. The second-order valence-electron chi connectivity index (χ2n) is 11.8. The molecular formula is C41H48O14. The molecule has 0 unspecified atom stereocenters. The van der Waals surface area contributed by atoms with Gasteiger partial charge in [-0.25, -0.2) is 0 Å². The summed E-state index contributed by atoms with van der Waals surface area (Å²) in [5.41, 5.74) is 2.49. The number of ketones is 2. The number of hydrogen-bond donors (Lipinski definition) is 0. The Bertz CT molecular complexity index is 1830. The summed E-state index contributed by atoms with van der Waals surface area (Å²) in [5.74, 6) is 3.14. The number of carbonyl (C=O) groups is 2. The lowest BCUT2D eigenvalue weighted by Gasteiger charge is -2.16. The van der Waals surface area contributed by atoms with Crippen molar-refractivity contribution in [2.45, 2.75) is 25.7 Å². The lowest BCUT2D eigenvalue weighted by molar-refractivity contribution is 0.0451. The third kappa shape index (κ3) is 12.9. The highest BCUT2D eigenvalue weighted by Gasteiger charge is 2.18. The minimum Gasteiger partial charge on any atom is -0.493 e. The second kappa shape index (κ2) is 22.7. The van der Waals surface area contributed by atoms with Crippen LogP contribution >= 0.6 is 0 Å². The Balaban J connectivity index is 1.48. The van der Waals surface area contributed by atoms with Crippen molar-refractivity contribution in [2.24, 2.45) is 0 Å². The van der Waals surface area contributed by atoms with Gasteiger partial charge in [0, 0.05) is 60.5 Å². The van der Waals surface area contributed by atoms with Crippen molar-refractivity contribution in [3.8, 4) is 46.0 Å². The summed E-state index contributed by atoms with van der Waals surface area (Å²) in [4.78, 5) is 26.7. The van der Waals surface area contributed by atoms with Crippen molar-refractivity contribution in [2.75, 3.05) is 76.6 Å². The first kappa shape index (κ1) is 42.4. The van der Waals surface area contributed by atoms with E-state index < -0.39 is 0 Å². The normalized spacial score (nSPS) is 10.8. The van der Waals surface area contributed by atoms with Gasteiger partial charge in [0.05, 0.1) is 18.2 Å². The summed E-state index contributed by atoms with van der Waals surface area (Å²) < 4.78 is 65.3. The molecule has 0 N–H and O–H groups in total. The Kier molecular flexibility index (Phi) is 17.5. The van der Waals surface area contributed by atoms with Gasteiger partial charge in [-0.3, -0.25) is 9.59 Å². The predicted octanol–water partition coefficient (Wildman–Crippen LogP) is 7.03. The molecule has 0 bridgehead atoms. The van der Waals surface area contributed by atoms with Gasteiger partial charge in [0.2, 0.25) is 0 Å². The second-order valence-corrected chi connectivity index (χ2v) is 11.8. The minimum atomic E-state index is -0.130. The van der Waals surface area contributed by atoms with Crippen LogP contribution in [0.15, 0.2) is 72.8 Å². The molecule has 4 rings (SSSR count). The Morgan fingerprint density at radius 1 is 0.418 bits per heavy atom. The lowest BCUT2D eigenvalue weighted by atomic mass is 10.0. The van der Waals surface area contributed by atoms with Crippen LogP contribution in [-0.4, -0.2) is 88.2 Å². The molecule has 4 aromatic carbocycles. The molecule has 55 heavy (non-hydrogen) atoms. The van der Waals surface area contributed by atoms with Gasteiger partial charge in [0.1, 0.15) is 23.0 Å². The highest BCUT2D eigenvalue weighted by molar-refractivity contribution is 5.99. The maximum atomic E-state index is 13.4. The third-order valence-electron chi connectivity index (χ3n) is 7.93. The van der Waals surface area contributed by atoms with E-state index in [4.69, 9.17) is 56.8 Å². The zero-order chi connectivity index (χ0) is 39.4. The first-order valence-electron chi connectivity index (χ1n) is 17.2. The van der Waals surface area contributed by atoms with Gasteiger partial charge in [-0.05, 0) is 72.5 Å². The van der Waals surface area contributed by atoms with Crippen LogP contribution < -0.4 is 33.2 Å². The van der Waals surface area contributed by atoms with Crippen LogP contribution in [0.3, 0.4) is 0 Å². The fourth-order valence-corrected chi connectivity index (χ4v) is 5.27. The van der Waals surface area contributed by atoms with Gasteiger partial charge in [-0.15, -0.1) is 0 Å². The van der Waals surface area contributed by atoms with Gasteiger partial charge in [0.15, 0.2) is 68.5 Å². The molecule has 0 heterocycles. The molecule has 14 nitrogen and oxygen atoms in total. The van der Waals surface area contributed by atoms with Gasteiger partial charge in [-0.2, -0.15) is 0 Å². The molecule has 0 aromatic heterocycles. The molecule has 0 fully saturated rings. The molecule has 0 saturated carbocycles. The molecule has 0 radical (unpaired) electrons. The standard InChI is InChI=1S/C41H48O14/c1-44-23-50-30-11-13-32(38(21-30)53-26-47-4)34(42)15-7-28-10-18-37(40(19-28)49-6)55-41-20-29(9-17-36(41)52-25-46-3)8-16-35(43)33-14-12-31(51-24-45-2)22-39(33)54-27-48-5/h9-14,17-22H,7-8,15-16,23-27H2,1-6H3. The van der Waals surface area contributed by atoms with E-state index in [1.165, 1.54) is 42.7 Å². The SMILES string of the molecule is COCOc1ccc(C(=O)CCc2ccc(Oc3cc(CCC(=O)c4ccc(OCOC)cc4OCOC)ccc3OCOC)c(OC)c2)c(OCOC)c1. The number of ether oxygens (including phenoxy) is 12. The number of carbonyl (C=O) groups excluding carboxylic acids is 2. The lowest BCUT2D eigenvalue weighted by Crippen LogP contribution is -2.08. The van der Waals surface area contributed by atoms with Gasteiger partial charge < -0.3 is 56.8 Å². The molecular weight excluding hydrogens is 716 g/mol. The Morgan fingerprint density at radius 2 is 0.836 bits per heavy atom. The topological polar surface area (TPSA) is 145 Å². The van der Waals surface area contributed by atoms with Crippen molar-refractivity contribution >= 4 is 11.6 Å².